The van der Waals surface area contributed by atoms with Crippen LogP contribution in [0, 0.1) is 6.92 Å². The number of aryl methyl sites for hydroxylation is 1. The Morgan fingerprint density at radius 1 is 1.04 bits per heavy atom. The van der Waals surface area contributed by atoms with E-state index in [0.29, 0.717) is 23.6 Å². The molecule has 2 rings (SSSR count). The maximum Gasteiger partial charge on any atom is 0.311 e. The Kier molecular flexibility index (Phi) is 6.37. The second kappa shape index (κ2) is 8.72. The minimum atomic E-state index is -0.389. The Labute approximate surface area is 141 Å². The Morgan fingerprint density at radius 2 is 1.75 bits per heavy atom. The molecule has 5 heteroatoms. The number of methoxy groups -OCH3 is 1. The summed E-state index contributed by atoms with van der Waals surface area (Å²) in [5, 5.41) is 3.95. The van der Waals surface area contributed by atoms with Gasteiger partial charge in [0.2, 0.25) is 0 Å². The van der Waals surface area contributed by atoms with Crippen molar-refractivity contribution in [2.24, 2.45) is 5.16 Å². The average molecular weight is 327 g/mol. The molecule has 0 bridgehead atoms. The van der Waals surface area contributed by atoms with Gasteiger partial charge < -0.3 is 14.3 Å². The van der Waals surface area contributed by atoms with E-state index >= 15 is 0 Å². The van der Waals surface area contributed by atoms with E-state index in [-0.39, 0.29) is 12.4 Å². The molecule has 0 aliphatic carbocycles. The molecule has 0 saturated carbocycles. The first kappa shape index (κ1) is 17.5. The van der Waals surface area contributed by atoms with Gasteiger partial charge in [-0.3, -0.25) is 4.79 Å². The van der Waals surface area contributed by atoms with Crippen LogP contribution >= 0.6 is 0 Å². The number of hydrogen-bond donors (Lipinski definition) is 0. The summed E-state index contributed by atoms with van der Waals surface area (Å²) in [6, 6.07) is 15.5. The highest BCUT2D eigenvalue weighted by molar-refractivity contribution is 6.10. The summed E-state index contributed by atoms with van der Waals surface area (Å²) in [4.78, 5) is 16.5. The van der Waals surface area contributed by atoms with E-state index in [1.807, 2.05) is 55.5 Å². The van der Waals surface area contributed by atoms with Crippen molar-refractivity contribution in [3.8, 4) is 5.75 Å². The van der Waals surface area contributed by atoms with Crippen molar-refractivity contribution in [2.45, 2.75) is 20.0 Å². The number of carbonyl (C=O) groups excluding carboxylic acids is 1. The molecule has 2 aromatic carbocycles. The summed E-state index contributed by atoms with van der Waals surface area (Å²) >= 11 is 0. The van der Waals surface area contributed by atoms with Crippen molar-refractivity contribution in [1.82, 2.24) is 0 Å². The van der Waals surface area contributed by atoms with Crippen molar-refractivity contribution in [3.05, 3.63) is 65.2 Å². The predicted octanol–water partition coefficient (Wildman–Crippen LogP) is 3.49. The van der Waals surface area contributed by atoms with Gasteiger partial charge in [-0.05, 0) is 30.2 Å². The molecule has 0 amide bonds. The van der Waals surface area contributed by atoms with Crippen molar-refractivity contribution in [3.63, 3.8) is 0 Å². The number of oxime groups is 1. The number of benzene rings is 2. The van der Waals surface area contributed by atoms with Crippen molar-refractivity contribution in [2.75, 3.05) is 14.2 Å². The molecule has 0 aliphatic heterocycles. The zero-order valence-corrected chi connectivity index (χ0v) is 14.1. The number of carbonyl (C=O) groups is 1. The van der Waals surface area contributed by atoms with Crippen LogP contribution in [0.1, 0.15) is 23.1 Å². The third-order valence-corrected chi connectivity index (χ3v) is 3.58. The standard InChI is InChI=1S/C19H21NO4/c1-14-8-4-5-9-15(14)13-24-18-11-7-6-10-16(18)17(20-23-3)12-19(21)22-2/h4-11H,12-13H2,1-3H3. The topological polar surface area (TPSA) is 57.1 Å². The number of rotatable bonds is 7. The van der Waals surface area contributed by atoms with E-state index in [4.69, 9.17) is 14.3 Å². The van der Waals surface area contributed by atoms with Crippen LogP contribution in [-0.4, -0.2) is 25.9 Å². The molecule has 5 nitrogen and oxygen atoms in total. The molecule has 0 aliphatic rings. The van der Waals surface area contributed by atoms with Crippen LogP contribution in [0.15, 0.2) is 53.7 Å². The first-order valence-electron chi connectivity index (χ1n) is 7.59. The van der Waals surface area contributed by atoms with Gasteiger partial charge in [-0.15, -0.1) is 0 Å². The summed E-state index contributed by atoms with van der Waals surface area (Å²) in [7, 11) is 2.78. The Morgan fingerprint density at radius 3 is 2.46 bits per heavy atom. The molecule has 0 radical (unpaired) electrons. The molecule has 24 heavy (non-hydrogen) atoms. The van der Waals surface area contributed by atoms with Gasteiger partial charge in [0.05, 0.1) is 13.5 Å². The van der Waals surface area contributed by atoms with Crippen LogP contribution in [0.3, 0.4) is 0 Å². The molecule has 0 saturated heterocycles. The fourth-order valence-electron chi connectivity index (χ4n) is 2.25. The summed E-state index contributed by atoms with van der Waals surface area (Å²) in [5.74, 6) is 0.250. The van der Waals surface area contributed by atoms with Crippen molar-refractivity contribution < 1.29 is 19.1 Å². The first-order chi connectivity index (χ1) is 11.7. The van der Waals surface area contributed by atoms with Crippen molar-refractivity contribution in [1.29, 1.82) is 0 Å². The predicted molar refractivity (Wildman–Crippen MR) is 92.1 cm³/mol. The lowest BCUT2D eigenvalue weighted by Crippen LogP contribution is -2.13. The number of esters is 1. The van der Waals surface area contributed by atoms with E-state index in [9.17, 15) is 4.79 Å². The zero-order valence-electron chi connectivity index (χ0n) is 14.1. The number of hydrogen-bond acceptors (Lipinski definition) is 5. The highest BCUT2D eigenvalue weighted by Crippen LogP contribution is 2.22. The fraction of sp³-hybridized carbons (Fsp3) is 0.263. The van der Waals surface area contributed by atoms with Crippen LogP contribution in [-0.2, 0) is 21.0 Å². The highest BCUT2D eigenvalue weighted by atomic mass is 16.6. The van der Waals surface area contributed by atoms with Gasteiger partial charge in [-0.25, -0.2) is 0 Å². The molecular formula is C19H21NO4. The quantitative estimate of drug-likeness (QED) is 0.444. The van der Waals surface area contributed by atoms with Crippen LogP contribution in [0.2, 0.25) is 0 Å². The Balaban J connectivity index is 2.24. The summed E-state index contributed by atoms with van der Waals surface area (Å²) in [6.07, 6.45) is 0.00901. The van der Waals surface area contributed by atoms with Crippen LogP contribution < -0.4 is 4.74 Å². The molecule has 2 aromatic rings. The molecule has 0 atom stereocenters. The normalized spacial score (nSPS) is 11.0. The Bertz CT molecular complexity index is 725. The van der Waals surface area contributed by atoms with Gasteiger partial charge in [-0.2, -0.15) is 0 Å². The van der Waals surface area contributed by atoms with Gasteiger partial charge in [0.1, 0.15) is 25.2 Å². The van der Waals surface area contributed by atoms with Gasteiger partial charge in [-0.1, -0.05) is 41.6 Å². The minimum absolute atomic E-state index is 0.00901. The van der Waals surface area contributed by atoms with E-state index in [1.54, 1.807) is 0 Å². The maximum absolute atomic E-state index is 11.6. The van der Waals surface area contributed by atoms with E-state index in [0.717, 1.165) is 11.1 Å². The molecule has 0 heterocycles. The third-order valence-electron chi connectivity index (χ3n) is 3.58. The SMILES string of the molecule is CON=C(CC(=O)OC)c1ccccc1OCc1ccccc1C. The largest absolute Gasteiger partial charge is 0.488 e. The van der Waals surface area contributed by atoms with E-state index in [1.165, 1.54) is 14.2 Å². The second-order valence-electron chi connectivity index (χ2n) is 5.18. The molecule has 0 unspecified atom stereocenters. The average Bonchev–Trinajstić information content (AvgIpc) is 2.61. The van der Waals surface area contributed by atoms with Gasteiger partial charge >= 0.3 is 5.97 Å². The molecule has 0 fully saturated rings. The van der Waals surface area contributed by atoms with Gasteiger partial charge in [0.25, 0.3) is 0 Å². The lowest BCUT2D eigenvalue weighted by molar-refractivity contribution is -0.139. The highest BCUT2D eigenvalue weighted by Gasteiger charge is 2.16. The number of ether oxygens (including phenoxy) is 2. The van der Waals surface area contributed by atoms with Gasteiger partial charge in [0.15, 0.2) is 0 Å². The van der Waals surface area contributed by atoms with Gasteiger partial charge in [0, 0.05) is 5.56 Å². The van der Waals surface area contributed by atoms with E-state index in [2.05, 4.69) is 5.16 Å². The molecule has 126 valence electrons. The first-order valence-corrected chi connectivity index (χ1v) is 7.59. The molecule has 0 spiro atoms. The lowest BCUT2D eigenvalue weighted by Gasteiger charge is -2.13. The molecule has 0 aromatic heterocycles. The van der Waals surface area contributed by atoms with Crippen molar-refractivity contribution >= 4 is 11.7 Å². The van der Waals surface area contributed by atoms with Crippen LogP contribution in [0.4, 0.5) is 0 Å². The van der Waals surface area contributed by atoms with Crippen LogP contribution in [0.25, 0.3) is 0 Å². The summed E-state index contributed by atoms with van der Waals surface area (Å²) < 4.78 is 10.7. The van der Waals surface area contributed by atoms with Crippen LogP contribution in [0.5, 0.6) is 5.75 Å². The molecule has 0 N–H and O–H groups in total. The second-order valence-corrected chi connectivity index (χ2v) is 5.18. The minimum Gasteiger partial charge on any atom is -0.488 e. The monoisotopic (exact) mass is 327 g/mol. The summed E-state index contributed by atoms with van der Waals surface area (Å²) in [6.45, 7) is 2.47. The fourth-order valence-corrected chi connectivity index (χ4v) is 2.25. The number of nitrogens with zero attached hydrogens (tertiary/aromatic N) is 1. The summed E-state index contributed by atoms with van der Waals surface area (Å²) in [5.41, 5.74) is 3.43. The maximum atomic E-state index is 11.6. The molecular weight excluding hydrogens is 306 g/mol. The lowest BCUT2D eigenvalue weighted by atomic mass is 10.1. The Hall–Kier alpha value is -2.82. The zero-order chi connectivity index (χ0) is 17.4. The smallest absolute Gasteiger partial charge is 0.311 e. The number of para-hydroxylation sites is 1. The van der Waals surface area contributed by atoms with E-state index < -0.39 is 0 Å². The third kappa shape index (κ3) is 4.59.